The molecule has 0 fully saturated rings. The summed E-state index contributed by atoms with van der Waals surface area (Å²) in [7, 11) is 0. The predicted molar refractivity (Wildman–Crippen MR) is 73.8 cm³/mol. The second kappa shape index (κ2) is 6.30. The summed E-state index contributed by atoms with van der Waals surface area (Å²) in [6.07, 6.45) is 0. The minimum Gasteiger partial charge on any atom is -0.354 e. The number of thioether (sulfide) groups is 1. The number of carbonyl (C=O) groups is 1. The molecule has 0 saturated carbocycles. The van der Waals surface area contributed by atoms with Crippen LogP contribution in [0.15, 0.2) is 0 Å². The third kappa shape index (κ3) is 9.05. The van der Waals surface area contributed by atoms with Crippen molar-refractivity contribution in [3.05, 3.63) is 0 Å². The van der Waals surface area contributed by atoms with Crippen LogP contribution in [0.3, 0.4) is 0 Å². The average Bonchev–Trinajstić information content (AvgIpc) is 2.12. The van der Waals surface area contributed by atoms with Crippen LogP contribution in [0.4, 0.5) is 0 Å². The van der Waals surface area contributed by atoms with E-state index in [0.29, 0.717) is 6.54 Å². The van der Waals surface area contributed by atoms with Crippen LogP contribution in [0.2, 0.25) is 0 Å². The van der Waals surface area contributed by atoms with Crippen LogP contribution < -0.4 is 5.32 Å². The summed E-state index contributed by atoms with van der Waals surface area (Å²) in [5, 5.41) is 11.2. The van der Waals surface area contributed by atoms with Crippen LogP contribution in [0.5, 0.6) is 0 Å². The maximum Gasteiger partial charge on any atom is 0.247 e. The molecule has 0 aromatic rings. The van der Waals surface area contributed by atoms with Gasteiger partial charge in [-0.25, -0.2) is 0 Å². The predicted octanol–water partition coefficient (Wildman–Crippen LogP) is 2.82. The van der Waals surface area contributed by atoms with Crippen molar-refractivity contribution in [1.29, 1.82) is 5.26 Å². The summed E-state index contributed by atoms with van der Waals surface area (Å²) in [5.41, 5.74) is 0.175. The van der Waals surface area contributed by atoms with E-state index in [9.17, 15) is 4.79 Å². The van der Waals surface area contributed by atoms with Gasteiger partial charge in [-0.2, -0.15) is 5.26 Å². The summed E-state index contributed by atoms with van der Waals surface area (Å²) in [5.74, 6) is 0.630. The Bertz CT molecular complexity index is 294. The molecule has 0 aromatic heterocycles. The third-order valence-electron chi connectivity index (χ3n) is 1.83. The summed E-state index contributed by atoms with van der Waals surface area (Å²) in [6, 6.07) is 2.06. The Hall–Kier alpha value is -0.690. The van der Waals surface area contributed by atoms with E-state index in [1.54, 1.807) is 0 Å². The van der Waals surface area contributed by atoms with E-state index in [1.807, 2.05) is 0 Å². The lowest BCUT2D eigenvalue weighted by Gasteiger charge is -2.22. The maximum atomic E-state index is 11.8. The van der Waals surface area contributed by atoms with Crippen molar-refractivity contribution < 1.29 is 4.79 Å². The van der Waals surface area contributed by atoms with Crippen LogP contribution >= 0.6 is 11.8 Å². The first-order valence-corrected chi connectivity index (χ1v) is 6.89. The number of hydrogen-bond donors (Lipinski definition) is 1. The normalized spacial score (nSPS) is 13.9. The van der Waals surface area contributed by atoms with E-state index in [2.05, 4.69) is 52.9 Å². The molecular weight excluding hydrogens is 232 g/mol. The highest BCUT2D eigenvalue weighted by molar-refractivity contribution is 8.00. The van der Waals surface area contributed by atoms with Gasteiger partial charge < -0.3 is 5.32 Å². The van der Waals surface area contributed by atoms with Gasteiger partial charge in [-0.3, -0.25) is 4.79 Å². The molecule has 0 aliphatic rings. The van der Waals surface area contributed by atoms with Gasteiger partial charge in [0.2, 0.25) is 5.91 Å². The summed E-state index contributed by atoms with van der Waals surface area (Å²) < 4.78 is 0. The van der Waals surface area contributed by atoms with Crippen LogP contribution in [0, 0.1) is 22.2 Å². The van der Waals surface area contributed by atoms with Crippen LogP contribution in [0.1, 0.15) is 41.5 Å². The lowest BCUT2D eigenvalue weighted by atomic mass is 9.97. The Morgan fingerprint density at radius 3 is 2.12 bits per heavy atom. The monoisotopic (exact) mass is 256 g/mol. The zero-order valence-electron chi connectivity index (χ0n) is 11.8. The molecule has 0 spiro atoms. The third-order valence-corrected chi connectivity index (χ3v) is 3.52. The molecule has 1 amide bonds. The minimum absolute atomic E-state index is 0.0460. The zero-order chi connectivity index (χ0) is 13.7. The molecule has 17 heavy (non-hydrogen) atoms. The SMILES string of the molecule is CC(C)(C)CNC(=O)C(C#N)SCC(C)(C)C. The number of carbonyl (C=O) groups excluding carboxylic acids is 1. The first-order valence-electron chi connectivity index (χ1n) is 5.84. The van der Waals surface area contributed by atoms with Gasteiger partial charge in [0.1, 0.15) is 0 Å². The van der Waals surface area contributed by atoms with E-state index < -0.39 is 5.25 Å². The van der Waals surface area contributed by atoms with Gasteiger partial charge in [-0.15, -0.1) is 11.8 Å². The Morgan fingerprint density at radius 1 is 1.24 bits per heavy atom. The van der Waals surface area contributed by atoms with Gasteiger partial charge in [-0.05, 0) is 16.6 Å². The second-order valence-corrected chi connectivity index (χ2v) is 7.75. The zero-order valence-corrected chi connectivity index (χ0v) is 12.6. The number of nitrogens with one attached hydrogen (secondary N) is 1. The molecule has 98 valence electrons. The highest BCUT2D eigenvalue weighted by Crippen LogP contribution is 2.23. The van der Waals surface area contributed by atoms with Crippen LogP contribution in [0.25, 0.3) is 0 Å². The van der Waals surface area contributed by atoms with Gasteiger partial charge in [0.05, 0.1) is 6.07 Å². The van der Waals surface area contributed by atoms with Crippen LogP contribution in [-0.4, -0.2) is 23.5 Å². The number of nitriles is 1. The van der Waals surface area contributed by atoms with Crippen molar-refractivity contribution in [2.24, 2.45) is 10.8 Å². The van der Waals surface area contributed by atoms with E-state index in [4.69, 9.17) is 5.26 Å². The molecule has 0 radical (unpaired) electrons. The van der Waals surface area contributed by atoms with Crippen molar-refractivity contribution in [2.45, 2.75) is 46.8 Å². The fourth-order valence-corrected chi connectivity index (χ4v) is 1.93. The van der Waals surface area contributed by atoms with Gasteiger partial charge in [0.15, 0.2) is 5.25 Å². The van der Waals surface area contributed by atoms with Crippen molar-refractivity contribution >= 4 is 17.7 Å². The topological polar surface area (TPSA) is 52.9 Å². The number of amides is 1. The molecule has 1 unspecified atom stereocenters. The van der Waals surface area contributed by atoms with E-state index in [-0.39, 0.29) is 16.7 Å². The molecule has 1 atom stereocenters. The molecule has 0 rings (SSSR count). The van der Waals surface area contributed by atoms with Crippen LogP contribution in [-0.2, 0) is 4.79 Å². The molecule has 1 N–H and O–H groups in total. The molecule has 0 aliphatic carbocycles. The number of rotatable bonds is 4. The molecular formula is C13H24N2OS. The standard InChI is InChI=1S/C13H24N2OS/c1-12(2,3)8-15-11(16)10(7-14)17-9-13(4,5)6/h10H,8-9H2,1-6H3,(H,15,16). The van der Waals surface area contributed by atoms with Crippen molar-refractivity contribution in [3.8, 4) is 6.07 Å². The van der Waals surface area contributed by atoms with Gasteiger partial charge in [-0.1, -0.05) is 41.5 Å². The molecule has 0 heterocycles. The molecule has 0 saturated heterocycles. The lowest BCUT2D eigenvalue weighted by Crippen LogP contribution is -2.37. The Balaban J connectivity index is 4.20. The van der Waals surface area contributed by atoms with Gasteiger partial charge >= 0.3 is 0 Å². The molecule has 0 bridgehead atoms. The maximum absolute atomic E-state index is 11.8. The van der Waals surface area contributed by atoms with Crippen molar-refractivity contribution in [2.75, 3.05) is 12.3 Å². The smallest absolute Gasteiger partial charge is 0.247 e. The fraction of sp³-hybridized carbons (Fsp3) is 0.846. The Labute approximate surface area is 109 Å². The minimum atomic E-state index is -0.600. The highest BCUT2D eigenvalue weighted by atomic mass is 32.2. The fourth-order valence-electron chi connectivity index (χ4n) is 0.950. The summed E-state index contributed by atoms with van der Waals surface area (Å²) in [4.78, 5) is 11.8. The Kier molecular flexibility index (Phi) is 6.04. The summed E-state index contributed by atoms with van der Waals surface area (Å²) in [6.45, 7) is 13.1. The van der Waals surface area contributed by atoms with E-state index >= 15 is 0 Å². The van der Waals surface area contributed by atoms with Crippen molar-refractivity contribution in [1.82, 2.24) is 5.32 Å². The number of nitrogens with zero attached hydrogens (tertiary/aromatic N) is 1. The first kappa shape index (κ1) is 16.3. The molecule has 4 heteroatoms. The molecule has 0 aliphatic heterocycles. The molecule has 3 nitrogen and oxygen atoms in total. The van der Waals surface area contributed by atoms with Crippen molar-refractivity contribution in [3.63, 3.8) is 0 Å². The quantitative estimate of drug-likeness (QED) is 0.841. The summed E-state index contributed by atoms with van der Waals surface area (Å²) >= 11 is 1.41. The average molecular weight is 256 g/mol. The first-order chi connectivity index (χ1) is 7.55. The van der Waals surface area contributed by atoms with Gasteiger partial charge in [0, 0.05) is 6.54 Å². The van der Waals surface area contributed by atoms with Gasteiger partial charge in [0.25, 0.3) is 0 Å². The molecule has 0 aromatic carbocycles. The van der Waals surface area contributed by atoms with E-state index in [0.717, 1.165) is 5.75 Å². The second-order valence-electron chi connectivity index (χ2n) is 6.66. The van der Waals surface area contributed by atoms with E-state index in [1.165, 1.54) is 11.8 Å². The lowest BCUT2D eigenvalue weighted by molar-refractivity contribution is -0.120. The largest absolute Gasteiger partial charge is 0.354 e. The highest BCUT2D eigenvalue weighted by Gasteiger charge is 2.22. The number of hydrogen-bond acceptors (Lipinski definition) is 3. The Morgan fingerprint density at radius 2 is 1.76 bits per heavy atom.